The maximum Gasteiger partial charge on any atom is 0.243 e. The minimum atomic E-state index is 0.348. The van der Waals surface area contributed by atoms with E-state index in [1.54, 1.807) is 0 Å². The molecule has 1 aromatic heterocycles. The summed E-state index contributed by atoms with van der Waals surface area (Å²) >= 11 is 0. The van der Waals surface area contributed by atoms with Gasteiger partial charge in [0.25, 0.3) is 0 Å². The Balaban J connectivity index is 2.00. The first-order valence-corrected chi connectivity index (χ1v) is 6.06. The van der Waals surface area contributed by atoms with Crippen LogP contribution in [0.1, 0.15) is 37.5 Å². The van der Waals surface area contributed by atoms with E-state index >= 15 is 0 Å². The molecule has 0 bridgehead atoms. The Hall–Kier alpha value is -0.940. The molecule has 1 N–H and O–H groups in total. The summed E-state index contributed by atoms with van der Waals surface area (Å²) in [5, 5.41) is 7.10. The fourth-order valence-electron chi connectivity index (χ4n) is 2.23. The molecule has 0 spiro atoms. The first-order valence-electron chi connectivity index (χ1n) is 6.06. The second kappa shape index (κ2) is 5.41. The van der Waals surface area contributed by atoms with Crippen LogP contribution in [0.5, 0.6) is 0 Å². The quantitative estimate of drug-likeness (QED) is 0.808. The Labute approximate surface area is 96.2 Å². The summed E-state index contributed by atoms with van der Waals surface area (Å²) in [4.78, 5) is 6.87. The van der Waals surface area contributed by atoms with Crippen LogP contribution >= 0.6 is 0 Å². The van der Waals surface area contributed by atoms with Crippen molar-refractivity contribution >= 4 is 0 Å². The molecule has 0 aliphatic carbocycles. The number of rotatable bonds is 5. The molecule has 2 heterocycles. The van der Waals surface area contributed by atoms with E-state index < -0.39 is 0 Å². The zero-order chi connectivity index (χ0) is 11.4. The maximum absolute atomic E-state index is 5.35. The molecule has 1 unspecified atom stereocenters. The SMILES string of the molecule is CCN1CCCC1c1nc(CCNC)no1. The molecule has 90 valence electrons. The van der Waals surface area contributed by atoms with E-state index in [1.165, 1.54) is 6.42 Å². The molecule has 1 aliphatic heterocycles. The summed E-state index contributed by atoms with van der Waals surface area (Å²) in [5.41, 5.74) is 0. The zero-order valence-corrected chi connectivity index (χ0v) is 10.1. The van der Waals surface area contributed by atoms with Crippen molar-refractivity contribution in [1.29, 1.82) is 0 Å². The van der Waals surface area contributed by atoms with Crippen molar-refractivity contribution in [1.82, 2.24) is 20.4 Å². The average molecular weight is 224 g/mol. The van der Waals surface area contributed by atoms with Crippen molar-refractivity contribution in [3.63, 3.8) is 0 Å². The third-order valence-corrected chi connectivity index (χ3v) is 3.14. The summed E-state index contributed by atoms with van der Waals surface area (Å²) in [6.07, 6.45) is 3.20. The third kappa shape index (κ3) is 2.41. The Morgan fingerprint density at radius 3 is 3.19 bits per heavy atom. The van der Waals surface area contributed by atoms with E-state index in [1.807, 2.05) is 7.05 Å². The van der Waals surface area contributed by atoms with Crippen molar-refractivity contribution in [2.45, 2.75) is 32.2 Å². The van der Waals surface area contributed by atoms with Gasteiger partial charge in [-0.25, -0.2) is 0 Å². The van der Waals surface area contributed by atoms with Gasteiger partial charge < -0.3 is 9.84 Å². The first kappa shape index (κ1) is 11.5. The number of aromatic nitrogens is 2. The summed E-state index contributed by atoms with van der Waals surface area (Å²) in [5.74, 6) is 1.61. The number of likely N-dealkylation sites (tertiary alicyclic amines) is 1. The van der Waals surface area contributed by atoms with Crippen molar-refractivity contribution in [3.05, 3.63) is 11.7 Å². The highest BCUT2D eigenvalue weighted by Crippen LogP contribution is 2.30. The van der Waals surface area contributed by atoms with E-state index in [9.17, 15) is 0 Å². The van der Waals surface area contributed by atoms with Crippen LogP contribution in [-0.4, -0.2) is 41.7 Å². The van der Waals surface area contributed by atoms with Crippen LogP contribution in [0.15, 0.2) is 4.52 Å². The molecular formula is C11H20N4O. The van der Waals surface area contributed by atoms with Gasteiger partial charge >= 0.3 is 0 Å². The van der Waals surface area contributed by atoms with Gasteiger partial charge in [-0.2, -0.15) is 4.98 Å². The molecule has 2 rings (SSSR count). The van der Waals surface area contributed by atoms with E-state index in [4.69, 9.17) is 4.52 Å². The Morgan fingerprint density at radius 1 is 1.56 bits per heavy atom. The second-order valence-corrected chi connectivity index (χ2v) is 4.19. The van der Waals surface area contributed by atoms with Crippen molar-refractivity contribution < 1.29 is 4.52 Å². The topological polar surface area (TPSA) is 54.2 Å². The highest BCUT2D eigenvalue weighted by molar-refractivity contribution is 4.96. The fourth-order valence-corrected chi connectivity index (χ4v) is 2.23. The largest absolute Gasteiger partial charge is 0.338 e. The first-order chi connectivity index (χ1) is 7.85. The predicted octanol–water partition coefficient (Wildman–Crippen LogP) is 0.988. The van der Waals surface area contributed by atoms with Crippen molar-refractivity contribution in [3.8, 4) is 0 Å². The molecule has 5 heteroatoms. The van der Waals surface area contributed by atoms with Gasteiger partial charge in [-0.05, 0) is 33.0 Å². The molecule has 1 saturated heterocycles. The van der Waals surface area contributed by atoms with Gasteiger partial charge in [0, 0.05) is 13.0 Å². The Bertz CT molecular complexity index is 326. The lowest BCUT2D eigenvalue weighted by Crippen LogP contribution is -2.22. The van der Waals surface area contributed by atoms with Crippen LogP contribution in [-0.2, 0) is 6.42 Å². The third-order valence-electron chi connectivity index (χ3n) is 3.14. The van der Waals surface area contributed by atoms with Crippen LogP contribution < -0.4 is 5.32 Å². The van der Waals surface area contributed by atoms with E-state index in [0.717, 1.165) is 44.2 Å². The molecule has 0 amide bonds. The monoisotopic (exact) mass is 224 g/mol. The molecule has 0 aromatic carbocycles. The van der Waals surface area contributed by atoms with Crippen LogP contribution in [0, 0.1) is 0 Å². The average Bonchev–Trinajstić information content (AvgIpc) is 2.94. The molecule has 0 saturated carbocycles. The highest BCUT2D eigenvalue weighted by Gasteiger charge is 2.29. The molecule has 1 aromatic rings. The number of nitrogens with zero attached hydrogens (tertiary/aromatic N) is 3. The van der Waals surface area contributed by atoms with Gasteiger partial charge in [-0.15, -0.1) is 0 Å². The van der Waals surface area contributed by atoms with E-state index in [0.29, 0.717) is 6.04 Å². The van der Waals surface area contributed by atoms with Crippen molar-refractivity contribution in [2.24, 2.45) is 0 Å². The molecule has 16 heavy (non-hydrogen) atoms. The number of hydrogen-bond acceptors (Lipinski definition) is 5. The van der Waals surface area contributed by atoms with Gasteiger partial charge in [0.15, 0.2) is 5.82 Å². The standard InChI is InChI=1S/C11H20N4O/c1-3-15-8-4-5-9(15)11-13-10(14-16-11)6-7-12-2/h9,12H,3-8H2,1-2H3. The van der Waals surface area contributed by atoms with Crippen LogP contribution in [0.3, 0.4) is 0 Å². The summed E-state index contributed by atoms with van der Waals surface area (Å²) in [7, 11) is 1.93. The smallest absolute Gasteiger partial charge is 0.243 e. The van der Waals surface area contributed by atoms with Gasteiger partial charge in [0.2, 0.25) is 5.89 Å². The van der Waals surface area contributed by atoms with Crippen molar-refractivity contribution in [2.75, 3.05) is 26.7 Å². The molecular weight excluding hydrogens is 204 g/mol. The van der Waals surface area contributed by atoms with Gasteiger partial charge in [0.05, 0.1) is 6.04 Å². The van der Waals surface area contributed by atoms with Gasteiger partial charge in [0.1, 0.15) is 0 Å². The normalized spacial score (nSPS) is 21.8. The molecule has 1 aliphatic rings. The molecule has 5 nitrogen and oxygen atoms in total. The summed E-state index contributed by atoms with van der Waals surface area (Å²) in [6, 6.07) is 0.348. The predicted molar refractivity (Wildman–Crippen MR) is 61.2 cm³/mol. The Morgan fingerprint density at radius 2 is 2.44 bits per heavy atom. The van der Waals surface area contributed by atoms with Crippen LogP contribution in [0.2, 0.25) is 0 Å². The van der Waals surface area contributed by atoms with Crippen LogP contribution in [0.4, 0.5) is 0 Å². The molecule has 1 fully saturated rings. The fraction of sp³-hybridized carbons (Fsp3) is 0.818. The number of likely N-dealkylation sites (N-methyl/N-ethyl adjacent to an activating group) is 1. The number of nitrogens with one attached hydrogen (secondary N) is 1. The summed E-state index contributed by atoms with van der Waals surface area (Å²) < 4.78 is 5.35. The van der Waals surface area contributed by atoms with E-state index in [2.05, 4.69) is 27.3 Å². The lowest BCUT2D eigenvalue weighted by molar-refractivity contribution is 0.217. The van der Waals surface area contributed by atoms with Gasteiger partial charge in [-0.3, -0.25) is 4.90 Å². The minimum Gasteiger partial charge on any atom is -0.338 e. The second-order valence-electron chi connectivity index (χ2n) is 4.19. The van der Waals surface area contributed by atoms with Gasteiger partial charge in [-0.1, -0.05) is 12.1 Å². The van der Waals surface area contributed by atoms with Crippen LogP contribution in [0.25, 0.3) is 0 Å². The highest BCUT2D eigenvalue weighted by atomic mass is 16.5. The molecule has 1 atom stereocenters. The minimum absolute atomic E-state index is 0.348. The molecule has 0 radical (unpaired) electrons. The Kier molecular flexibility index (Phi) is 3.90. The lowest BCUT2D eigenvalue weighted by Gasteiger charge is -2.18. The summed E-state index contributed by atoms with van der Waals surface area (Å²) in [6.45, 7) is 5.27. The van der Waals surface area contributed by atoms with E-state index in [-0.39, 0.29) is 0 Å². The zero-order valence-electron chi connectivity index (χ0n) is 10.1. The lowest BCUT2D eigenvalue weighted by atomic mass is 10.2. The maximum atomic E-state index is 5.35. The number of hydrogen-bond donors (Lipinski definition) is 1.